The molecule has 1 unspecified atom stereocenters. The maximum atomic E-state index is 12.0. The van der Waals surface area contributed by atoms with Crippen molar-refractivity contribution >= 4 is 23.5 Å². The summed E-state index contributed by atoms with van der Waals surface area (Å²) in [6.45, 7) is 3.64. The minimum Gasteiger partial charge on any atom is -0.493 e. The Balaban J connectivity index is 1.60. The summed E-state index contributed by atoms with van der Waals surface area (Å²) in [4.78, 5) is 12.0. The second-order valence-corrected chi connectivity index (χ2v) is 6.91. The summed E-state index contributed by atoms with van der Waals surface area (Å²) in [6, 6.07) is 9.06. The lowest BCUT2D eigenvalue weighted by atomic mass is 10.3. The standard InChI is InChI=1S/C18H21N5O4S/c1-11-9-15(22-27-11)19-16(24)10-28-18-21-20-17(23(18)3)12(2)26-14-8-6-5-7-13(14)25-4/h5-9,12H,10H2,1-4H3,(H,19,22,24). The van der Waals surface area contributed by atoms with Gasteiger partial charge in [-0.3, -0.25) is 4.79 Å². The van der Waals surface area contributed by atoms with Gasteiger partial charge in [-0.15, -0.1) is 10.2 Å². The van der Waals surface area contributed by atoms with Gasteiger partial charge in [-0.25, -0.2) is 0 Å². The van der Waals surface area contributed by atoms with Crippen molar-refractivity contribution in [2.75, 3.05) is 18.2 Å². The van der Waals surface area contributed by atoms with Gasteiger partial charge in [0, 0.05) is 13.1 Å². The first-order chi connectivity index (χ1) is 13.5. The third-order valence-electron chi connectivity index (χ3n) is 3.83. The van der Waals surface area contributed by atoms with Crippen LogP contribution in [0.25, 0.3) is 0 Å². The Morgan fingerprint density at radius 3 is 2.75 bits per heavy atom. The van der Waals surface area contributed by atoms with E-state index in [1.54, 1.807) is 24.7 Å². The summed E-state index contributed by atoms with van der Waals surface area (Å²) in [5.74, 6) is 2.88. The van der Waals surface area contributed by atoms with Crippen molar-refractivity contribution in [2.24, 2.45) is 7.05 Å². The normalized spacial score (nSPS) is 11.9. The van der Waals surface area contributed by atoms with Gasteiger partial charge in [0.2, 0.25) is 5.91 Å². The molecule has 0 fully saturated rings. The number of para-hydroxylation sites is 2. The van der Waals surface area contributed by atoms with E-state index in [0.29, 0.717) is 34.1 Å². The number of aryl methyl sites for hydroxylation is 1. The zero-order chi connectivity index (χ0) is 20.1. The van der Waals surface area contributed by atoms with Gasteiger partial charge < -0.3 is 23.9 Å². The smallest absolute Gasteiger partial charge is 0.236 e. The number of carbonyl (C=O) groups is 1. The molecule has 3 aromatic rings. The minimum absolute atomic E-state index is 0.166. The van der Waals surface area contributed by atoms with E-state index in [9.17, 15) is 4.79 Å². The molecule has 10 heteroatoms. The molecule has 0 saturated carbocycles. The second-order valence-electron chi connectivity index (χ2n) is 5.97. The van der Waals surface area contributed by atoms with Crippen LogP contribution in [0.2, 0.25) is 0 Å². The summed E-state index contributed by atoms with van der Waals surface area (Å²) in [5.41, 5.74) is 0. The summed E-state index contributed by atoms with van der Waals surface area (Å²) in [7, 11) is 3.42. The number of carbonyl (C=O) groups excluding carboxylic acids is 1. The van der Waals surface area contributed by atoms with Crippen LogP contribution < -0.4 is 14.8 Å². The number of amides is 1. The van der Waals surface area contributed by atoms with Crippen molar-refractivity contribution in [1.29, 1.82) is 0 Å². The third-order valence-corrected chi connectivity index (χ3v) is 4.85. The van der Waals surface area contributed by atoms with E-state index in [1.165, 1.54) is 11.8 Å². The SMILES string of the molecule is COc1ccccc1OC(C)c1nnc(SCC(=O)Nc2cc(C)on2)n1C. The number of hydrogen-bond acceptors (Lipinski definition) is 8. The number of ether oxygens (including phenoxy) is 2. The first-order valence-electron chi connectivity index (χ1n) is 8.53. The lowest BCUT2D eigenvalue weighted by Gasteiger charge is -2.16. The Kier molecular flexibility index (Phi) is 6.19. The van der Waals surface area contributed by atoms with Crippen LogP contribution in [0.4, 0.5) is 5.82 Å². The van der Waals surface area contributed by atoms with Crippen molar-refractivity contribution < 1.29 is 18.8 Å². The molecule has 0 radical (unpaired) electrons. The van der Waals surface area contributed by atoms with E-state index in [1.807, 2.05) is 38.2 Å². The van der Waals surface area contributed by atoms with E-state index in [-0.39, 0.29) is 17.8 Å². The minimum atomic E-state index is -0.352. The fraction of sp³-hybridized carbons (Fsp3) is 0.333. The topological polar surface area (TPSA) is 104 Å². The maximum absolute atomic E-state index is 12.0. The molecule has 1 N–H and O–H groups in total. The van der Waals surface area contributed by atoms with Crippen molar-refractivity contribution in [3.05, 3.63) is 41.9 Å². The highest BCUT2D eigenvalue weighted by Crippen LogP contribution is 2.30. The molecule has 0 aliphatic heterocycles. The van der Waals surface area contributed by atoms with Crippen LogP contribution in [0.1, 0.15) is 24.6 Å². The number of rotatable bonds is 8. The summed E-state index contributed by atoms with van der Waals surface area (Å²) in [6.07, 6.45) is -0.352. The Morgan fingerprint density at radius 2 is 2.07 bits per heavy atom. The molecule has 0 saturated heterocycles. The predicted octanol–water partition coefficient (Wildman–Crippen LogP) is 2.99. The predicted molar refractivity (Wildman–Crippen MR) is 104 cm³/mol. The van der Waals surface area contributed by atoms with Crippen LogP contribution >= 0.6 is 11.8 Å². The molecule has 2 heterocycles. The fourth-order valence-corrected chi connectivity index (χ4v) is 3.22. The van der Waals surface area contributed by atoms with Gasteiger partial charge in [0.1, 0.15) is 5.76 Å². The van der Waals surface area contributed by atoms with Gasteiger partial charge in [0.25, 0.3) is 0 Å². The molecular weight excluding hydrogens is 382 g/mol. The molecule has 148 valence electrons. The molecule has 0 aliphatic rings. The summed E-state index contributed by atoms with van der Waals surface area (Å²) < 4.78 is 18.0. The van der Waals surface area contributed by atoms with Crippen molar-refractivity contribution in [3.63, 3.8) is 0 Å². The van der Waals surface area contributed by atoms with Crippen LogP contribution in [0.15, 0.2) is 40.0 Å². The average Bonchev–Trinajstić information content (AvgIpc) is 3.25. The quantitative estimate of drug-likeness (QED) is 0.573. The molecule has 28 heavy (non-hydrogen) atoms. The molecule has 2 aromatic heterocycles. The molecule has 0 spiro atoms. The number of benzene rings is 1. The second kappa shape index (κ2) is 8.79. The highest BCUT2D eigenvalue weighted by Gasteiger charge is 2.19. The van der Waals surface area contributed by atoms with Crippen LogP contribution in [0.5, 0.6) is 11.5 Å². The number of nitrogens with one attached hydrogen (secondary N) is 1. The number of thioether (sulfide) groups is 1. The highest BCUT2D eigenvalue weighted by molar-refractivity contribution is 7.99. The van der Waals surface area contributed by atoms with Gasteiger partial charge in [-0.05, 0) is 26.0 Å². The highest BCUT2D eigenvalue weighted by atomic mass is 32.2. The Labute approximate surface area is 166 Å². The maximum Gasteiger partial charge on any atom is 0.236 e. The molecule has 0 bridgehead atoms. The number of anilines is 1. The number of aromatic nitrogens is 4. The molecule has 1 atom stereocenters. The summed E-state index contributed by atoms with van der Waals surface area (Å²) >= 11 is 1.27. The Hall–Kier alpha value is -3.01. The van der Waals surface area contributed by atoms with E-state index < -0.39 is 0 Å². The van der Waals surface area contributed by atoms with Gasteiger partial charge in [-0.2, -0.15) is 0 Å². The van der Waals surface area contributed by atoms with Gasteiger partial charge in [-0.1, -0.05) is 29.1 Å². The lowest BCUT2D eigenvalue weighted by Crippen LogP contribution is -2.15. The molecular formula is C18H21N5O4S. The van der Waals surface area contributed by atoms with Crippen LogP contribution in [-0.2, 0) is 11.8 Å². The average molecular weight is 403 g/mol. The molecule has 1 aromatic carbocycles. The number of methoxy groups -OCH3 is 1. The zero-order valence-corrected chi connectivity index (χ0v) is 16.8. The van der Waals surface area contributed by atoms with Crippen LogP contribution in [-0.4, -0.2) is 38.7 Å². The Morgan fingerprint density at radius 1 is 1.32 bits per heavy atom. The molecule has 3 rings (SSSR count). The first-order valence-corrected chi connectivity index (χ1v) is 9.51. The lowest BCUT2D eigenvalue weighted by molar-refractivity contribution is -0.113. The van der Waals surface area contributed by atoms with Gasteiger partial charge in [0.15, 0.2) is 34.4 Å². The monoisotopic (exact) mass is 403 g/mol. The van der Waals surface area contributed by atoms with E-state index in [2.05, 4.69) is 20.7 Å². The largest absolute Gasteiger partial charge is 0.493 e. The number of hydrogen-bond donors (Lipinski definition) is 1. The molecule has 1 amide bonds. The van der Waals surface area contributed by atoms with Gasteiger partial charge in [0.05, 0.1) is 12.9 Å². The van der Waals surface area contributed by atoms with Crippen LogP contribution in [0, 0.1) is 6.92 Å². The Bertz CT molecular complexity index is 955. The van der Waals surface area contributed by atoms with Gasteiger partial charge >= 0.3 is 0 Å². The fourth-order valence-electron chi connectivity index (χ4n) is 2.50. The third kappa shape index (κ3) is 4.63. The van der Waals surface area contributed by atoms with Crippen molar-refractivity contribution in [2.45, 2.75) is 25.1 Å². The van der Waals surface area contributed by atoms with E-state index >= 15 is 0 Å². The van der Waals surface area contributed by atoms with E-state index in [0.717, 1.165) is 0 Å². The van der Waals surface area contributed by atoms with Crippen molar-refractivity contribution in [1.82, 2.24) is 19.9 Å². The zero-order valence-electron chi connectivity index (χ0n) is 16.0. The van der Waals surface area contributed by atoms with Crippen LogP contribution in [0.3, 0.4) is 0 Å². The van der Waals surface area contributed by atoms with Crippen molar-refractivity contribution in [3.8, 4) is 11.5 Å². The molecule has 9 nitrogen and oxygen atoms in total. The summed E-state index contributed by atoms with van der Waals surface area (Å²) in [5, 5.41) is 15.4. The van der Waals surface area contributed by atoms with E-state index in [4.69, 9.17) is 14.0 Å². The first kappa shape index (κ1) is 19.7. The number of nitrogens with zero attached hydrogens (tertiary/aromatic N) is 4. The molecule has 0 aliphatic carbocycles.